The van der Waals surface area contributed by atoms with Crippen molar-refractivity contribution in [2.45, 2.75) is 38.0 Å². The van der Waals surface area contributed by atoms with Gasteiger partial charge in [-0.1, -0.05) is 37.5 Å². The molecule has 0 aromatic heterocycles. The third kappa shape index (κ3) is 2.92. The normalized spacial score (nSPS) is 23.6. The predicted molar refractivity (Wildman–Crippen MR) is 70.0 cm³/mol. The van der Waals surface area contributed by atoms with Gasteiger partial charge in [0.1, 0.15) is 0 Å². The largest absolute Gasteiger partial charge is 0.481 e. The van der Waals surface area contributed by atoms with Crippen molar-refractivity contribution in [2.75, 3.05) is 0 Å². The zero-order chi connectivity index (χ0) is 13.8. The van der Waals surface area contributed by atoms with Gasteiger partial charge in [-0.2, -0.15) is 0 Å². The number of carbonyl (C=O) groups is 1. The Labute approximate surface area is 111 Å². The Morgan fingerprint density at radius 2 is 1.89 bits per heavy atom. The Morgan fingerprint density at radius 3 is 2.58 bits per heavy atom. The van der Waals surface area contributed by atoms with E-state index in [1.807, 2.05) is 0 Å². The second-order valence-corrected chi connectivity index (χ2v) is 5.01. The first-order valence-electron chi connectivity index (χ1n) is 6.57. The van der Waals surface area contributed by atoms with Gasteiger partial charge in [-0.3, -0.25) is 14.9 Å². The van der Waals surface area contributed by atoms with Crippen molar-refractivity contribution < 1.29 is 14.8 Å². The monoisotopic (exact) mass is 263 g/mol. The van der Waals surface area contributed by atoms with E-state index < -0.39 is 16.8 Å². The fourth-order valence-electron chi connectivity index (χ4n) is 2.94. The van der Waals surface area contributed by atoms with Crippen molar-refractivity contribution in [1.82, 2.24) is 0 Å². The van der Waals surface area contributed by atoms with Gasteiger partial charge in [-0.25, -0.2) is 0 Å². The molecule has 0 aliphatic heterocycles. The molecule has 102 valence electrons. The lowest BCUT2D eigenvalue weighted by molar-refractivity contribution is -0.385. The molecule has 5 nitrogen and oxygen atoms in total. The molecule has 2 rings (SSSR count). The van der Waals surface area contributed by atoms with Gasteiger partial charge in [0.15, 0.2) is 0 Å². The van der Waals surface area contributed by atoms with E-state index in [-0.39, 0.29) is 11.6 Å². The number of nitrogens with zero attached hydrogens (tertiary/aromatic N) is 1. The molecule has 1 saturated carbocycles. The molecule has 0 radical (unpaired) electrons. The molecule has 0 spiro atoms. The van der Waals surface area contributed by atoms with E-state index in [0.717, 1.165) is 19.3 Å². The lowest BCUT2D eigenvalue weighted by Gasteiger charge is -2.21. The van der Waals surface area contributed by atoms with Crippen molar-refractivity contribution in [2.24, 2.45) is 5.92 Å². The summed E-state index contributed by atoms with van der Waals surface area (Å²) >= 11 is 0. The van der Waals surface area contributed by atoms with E-state index >= 15 is 0 Å². The van der Waals surface area contributed by atoms with E-state index in [4.69, 9.17) is 0 Å². The molecular weight excluding hydrogens is 246 g/mol. The minimum atomic E-state index is -0.843. The van der Waals surface area contributed by atoms with Gasteiger partial charge in [0.2, 0.25) is 0 Å². The first-order valence-corrected chi connectivity index (χ1v) is 6.57. The molecule has 0 saturated heterocycles. The molecule has 1 aromatic rings. The number of para-hydroxylation sites is 1. The van der Waals surface area contributed by atoms with Crippen molar-refractivity contribution in [1.29, 1.82) is 0 Å². The van der Waals surface area contributed by atoms with Crippen LogP contribution in [-0.2, 0) is 4.79 Å². The highest BCUT2D eigenvalue weighted by Crippen LogP contribution is 2.40. The summed E-state index contributed by atoms with van der Waals surface area (Å²) in [6.07, 6.45) is 4.13. The number of nitro benzene ring substituents is 1. The Hall–Kier alpha value is -1.91. The van der Waals surface area contributed by atoms with Crippen LogP contribution < -0.4 is 0 Å². The zero-order valence-electron chi connectivity index (χ0n) is 10.6. The Morgan fingerprint density at radius 1 is 1.21 bits per heavy atom. The van der Waals surface area contributed by atoms with Crippen LogP contribution >= 0.6 is 0 Å². The molecule has 2 atom stereocenters. The molecule has 1 aromatic carbocycles. The summed E-state index contributed by atoms with van der Waals surface area (Å²) in [6, 6.07) is 6.52. The fraction of sp³-hybridized carbons (Fsp3) is 0.500. The first-order chi connectivity index (χ1) is 9.11. The van der Waals surface area contributed by atoms with E-state index in [0.29, 0.717) is 18.4 Å². The number of hydrogen-bond donors (Lipinski definition) is 1. The quantitative estimate of drug-likeness (QED) is 0.515. The third-order valence-corrected chi connectivity index (χ3v) is 3.87. The summed E-state index contributed by atoms with van der Waals surface area (Å²) < 4.78 is 0. The third-order valence-electron chi connectivity index (χ3n) is 3.87. The van der Waals surface area contributed by atoms with E-state index in [2.05, 4.69) is 0 Å². The first kappa shape index (κ1) is 13.5. The van der Waals surface area contributed by atoms with Gasteiger partial charge in [-0.15, -0.1) is 0 Å². The Kier molecular flexibility index (Phi) is 4.14. The molecule has 1 fully saturated rings. The molecule has 1 aliphatic rings. The Balaban J connectivity index is 2.41. The molecule has 0 amide bonds. The van der Waals surface area contributed by atoms with Crippen LogP contribution in [0.1, 0.15) is 43.6 Å². The maximum atomic E-state index is 11.4. The van der Waals surface area contributed by atoms with Gasteiger partial charge in [0.05, 0.1) is 10.8 Å². The number of carboxylic acids is 1. The second-order valence-electron chi connectivity index (χ2n) is 5.01. The minimum Gasteiger partial charge on any atom is -0.481 e. The van der Waals surface area contributed by atoms with Crippen LogP contribution in [0, 0.1) is 16.0 Å². The van der Waals surface area contributed by atoms with E-state index in [9.17, 15) is 20.0 Å². The molecule has 1 N–H and O–H groups in total. The zero-order valence-corrected chi connectivity index (χ0v) is 10.6. The van der Waals surface area contributed by atoms with Gasteiger partial charge in [0.25, 0.3) is 5.69 Å². The number of carboxylic acid groups (broad SMARTS) is 1. The Bertz CT molecular complexity index is 486. The lowest BCUT2D eigenvalue weighted by Crippen LogP contribution is -2.21. The molecule has 2 unspecified atom stereocenters. The van der Waals surface area contributed by atoms with Crippen LogP contribution in [0.15, 0.2) is 24.3 Å². The van der Waals surface area contributed by atoms with Gasteiger partial charge < -0.3 is 5.11 Å². The van der Waals surface area contributed by atoms with Crippen LogP contribution in [-0.4, -0.2) is 16.0 Å². The van der Waals surface area contributed by atoms with Gasteiger partial charge >= 0.3 is 5.97 Å². The number of benzene rings is 1. The van der Waals surface area contributed by atoms with Crippen molar-refractivity contribution in [3.05, 3.63) is 39.9 Å². The van der Waals surface area contributed by atoms with Gasteiger partial charge in [-0.05, 0) is 12.8 Å². The topological polar surface area (TPSA) is 80.4 Å². The predicted octanol–water partition coefficient (Wildman–Crippen LogP) is 3.34. The van der Waals surface area contributed by atoms with Crippen LogP contribution in [0.3, 0.4) is 0 Å². The van der Waals surface area contributed by atoms with Crippen LogP contribution in [0.4, 0.5) is 5.69 Å². The van der Waals surface area contributed by atoms with Crippen LogP contribution in [0.2, 0.25) is 0 Å². The van der Waals surface area contributed by atoms with Crippen LogP contribution in [0.25, 0.3) is 0 Å². The summed E-state index contributed by atoms with van der Waals surface area (Å²) in [5.41, 5.74) is 0.613. The average Bonchev–Trinajstić information content (AvgIpc) is 2.64. The van der Waals surface area contributed by atoms with E-state index in [1.54, 1.807) is 18.2 Å². The summed E-state index contributed by atoms with van der Waals surface area (Å²) in [7, 11) is 0. The summed E-state index contributed by atoms with van der Waals surface area (Å²) in [5.74, 6) is -1.60. The standard InChI is InChI=1S/C14H17NO4/c16-14(17)12-8-3-1-2-6-10(12)11-7-4-5-9-13(11)15(18)19/h4-5,7,9-10,12H,1-3,6,8H2,(H,16,17). The summed E-state index contributed by atoms with van der Waals surface area (Å²) in [5, 5.41) is 20.4. The minimum absolute atomic E-state index is 0.0423. The van der Waals surface area contributed by atoms with E-state index in [1.165, 1.54) is 6.07 Å². The highest BCUT2D eigenvalue weighted by atomic mass is 16.6. The fourth-order valence-corrected chi connectivity index (χ4v) is 2.94. The molecular formula is C14H17NO4. The SMILES string of the molecule is O=C(O)C1CCCCCC1c1ccccc1[N+](=O)[O-]. The maximum Gasteiger partial charge on any atom is 0.307 e. The number of nitro groups is 1. The number of aliphatic carboxylic acids is 1. The van der Waals surface area contributed by atoms with Gasteiger partial charge in [0, 0.05) is 17.5 Å². The van der Waals surface area contributed by atoms with Crippen molar-refractivity contribution in [3.8, 4) is 0 Å². The molecule has 1 aliphatic carbocycles. The average molecular weight is 263 g/mol. The molecule has 19 heavy (non-hydrogen) atoms. The molecule has 5 heteroatoms. The summed E-state index contributed by atoms with van der Waals surface area (Å²) in [4.78, 5) is 22.1. The number of hydrogen-bond acceptors (Lipinski definition) is 3. The number of rotatable bonds is 3. The van der Waals surface area contributed by atoms with Crippen LogP contribution in [0.5, 0.6) is 0 Å². The van der Waals surface area contributed by atoms with Crippen molar-refractivity contribution in [3.63, 3.8) is 0 Å². The highest BCUT2D eigenvalue weighted by molar-refractivity contribution is 5.72. The second kappa shape index (κ2) is 5.82. The highest BCUT2D eigenvalue weighted by Gasteiger charge is 2.34. The summed E-state index contributed by atoms with van der Waals surface area (Å²) in [6.45, 7) is 0. The molecule has 0 heterocycles. The molecule has 0 bridgehead atoms. The maximum absolute atomic E-state index is 11.4. The lowest BCUT2D eigenvalue weighted by atomic mass is 9.82. The smallest absolute Gasteiger partial charge is 0.307 e. The van der Waals surface area contributed by atoms with Crippen molar-refractivity contribution >= 4 is 11.7 Å².